The van der Waals surface area contributed by atoms with E-state index >= 15 is 0 Å². The van der Waals surface area contributed by atoms with Crippen LogP contribution in [0.1, 0.15) is 25.5 Å². The largest absolute Gasteiger partial charge is 0.469 e. The molecule has 1 heterocycles. The number of ether oxygens (including phenoxy) is 1. The van der Waals surface area contributed by atoms with Gasteiger partial charge in [0.2, 0.25) is 0 Å². The molecule has 17 heavy (non-hydrogen) atoms. The van der Waals surface area contributed by atoms with Crippen LogP contribution in [0, 0.1) is 0 Å². The Morgan fingerprint density at radius 2 is 2.41 bits per heavy atom. The van der Waals surface area contributed by atoms with Crippen molar-refractivity contribution in [3.63, 3.8) is 0 Å². The van der Waals surface area contributed by atoms with Gasteiger partial charge in [0.15, 0.2) is 0 Å². The van der Waals surface area contributed by atoms with E-state index in [0.717, 1.165) is 5.76 Å². The number of carbonyl (C=O) groups excluding carboxylic acids is 1. The second-order valence-electron chi connectivity index (χ2n) is 3.80. The molecule has 4 heteroatoms. The van der Waals surface area contributed by atoms with E-state index in [0.29, 0.717) is 25.0 Å². The molecule has 4 nitrogen and oxygen atoms in total. The van der Waals surface area contributed by atoms with Crippen LogP contribution in [0.5, 0.6) is 0 Å². The minimum absolute atomic E-state index is 0.236. The normalized spacial score (nSPS) is 12.1. The molecular weight excluding hydrogens is 220 g/mol. The lowest BCUT2D eigenvalue weighted by Gasteiger charge is -2.10. The summed E-state index contributed by atoms with van der Waals surface area (Å²) >= 11 is 0. The van der Waals surface area contributed by atoms with Crippen LogP contribution < -0.4 is 0 Å². The van der Waals surface area contributed by atoms with Gasteiger partial charge in [-0.3, -0.25) is 0 Å². The quantitative estimate of drug-likeness (QED) is 0.583. The predicted octanol–water partition coefficient (Wildman–Crippen LogP) is 2.08. The van der Waals surface area contributed by atoms with Crippen LogP contribution in [-0.2, 0) is 16.0 Å². The minimum Gasteiger partial charge on any atom is -0.469 e. The molecule has 1 atom stereocenters. The topological polar surface area (TPSA) is 59.7 Å². The van der Waals surface area contributed by atoms with Crippen LogP contribution in [-0.4, -0.2) is 23.8 Å². The van der Waals surface area contributed by atoms with Crippen molar-refractivity contribution < 1.29 is 19.1 Å². The third kappa shape index (κ3) is 4.87. The van der Waals surface area contributed by atoms with E-state index in [2.05, 4.69) is 6.58 Å². The Labute approximate surface area is 101 Å². The zero-order valence-electron chi connectivity index (χ0n) is 10.0. The summed E-state index contributed by atoms with van der Waals surface area (Å²) in [5, 5.41) is 9.73. The highest BCUT2D eigenvalue weighted by atomic mass is 16.5. The molecule has 0 amide bonds. The third-order valence-electron chi connectivity index (χ3n) is 2.35. The van der Waals surface area contributed by atoms with E-state index in [1.54, 1.807) is 19.3 Å². The smallest absolute Gasteiger partial charge is 0.333 e. The van der Waals surface area contributed by atoms with Gasteiger partial charge in [-0.25, -0.2) is 4.79 Å². The molecule has 1 unspecified atom stereocenters. The van der Waals surface area contributed by atoms with Gasteiger partial charge >= 0.3 is 5.97 Å². The maximum Gasteiger partial charge on any atom is 0.333 e. The fourth-order valence-corrected chi connectivity index (χ4v) is 1.47. The number of furan rings is 1. The highest BCUT2D eigenvalue weighted by molar-refractivity contribution is 5.87. The average Bonchev–Trinajstić information content (AvgIpc) is 2.79. The summed E-state index contributed by atoms with van der Waals surface area (Å²) < 4.78 is 9.94. The van der Waals surface area contributed by atoms with Crippen LogP contribution >= 0.6 is 0 Å². The molecule has 1 aromatic heterocycles. The standard InChI is InChI=1S/C13H18O4/c1-3-16-13(15)10(2)9-11(14)6-7-12-5-4-8-17-12/h4-5,8,11,14H,2-3,6-7,9H2,1H3. The molecule has 0 bridgehead atoms. The van der Waals surface area contributed by atoms with Crippen molar-refractivity contribution in [2.75, 3.05) is 6.61 Å². The van der Waals surface area contributed by atoms with Gasteiger partial charge in [0.1, 0.15) is 5.76 Å². The Kier molecular flexibility index (Phi) is 5.49. The maximum absolute atomic E-state index is 11.3. The summed E-state index contributed by atoms with van der Waals surface area (Å²) in [5.41, 5.74) is 0.304. The highest BCUT2D eigenvalue weighted by Crippen LogP contribution is 2.12. The molecule has 0 fully saturated rings. The molecule has 1 aromatic rings. The van der Waals surface area contributed by atoms with Crippen LogP contribution in [0.4, 0.5) is 0 Å². The molecule has 0 radical (unpaired) electrons. The molecule has 0 saturated heterocycles. The van der Waals surface area contributed by atoms with E-state index < -0.39 is 12.1 Å². The molecule has 0 aliphatic rings. The SMILES string of the molecule is C=C(CC(O)CCc1ccco1)C(=O)OCC. The number of hydrogen-bond acceptors (Lipinski definition) is 4. The maximum atomic E-state index is 11.3. The van der Waals surface area contributed by atoms with Gasteiger partial charge in [0.25, 0.3) is 0 Å². The van der Waals surface area contributed by atoms with Crippen molar-refractivity contribution in [3.8, 4) is 0 Å². The molecule has 1 N–H and O–H groups in total. The van der Waals surface area contributed by atoms with Crippen molar-refractivity contribution in [2.24, 2.45) is 0 Å². The lowest BCUT2D eigenvalue weighted by molar-refractivity contribution is -0.138. The van der Waals surface area contributed by atoms with Crippen molar-refractivity contribution in [1.82, 2.24) is 0 Å². The third-order valence-corrected chi connectivity index (χ3v) is 2.35. The Morgan fingerprint density at radius 1 is 1.65 bits per heavy atom. The Hall–Kier alpha value is -1.55. The number of carbonyl (C=O) groups is 1. The first kappa shape index (κ1) is 13.5. The van der Waals surface area contributed by atoms with Crippen molar-refractivity contribution >= 4 is 5.97 Å². The molecule has 1 rings (SSSR count). The number of aryl methyl sites for hydroxylation is 1. The van der Waals surface area contributed by atoms with Gasteiger partial charge in [0.05, 0.1) is 19.0 Å². The molecule has 0 aromatic carbocycles. The average molecular weight is 238 g/mol. The molecule has 94 valence electrons. The summed E-state index contributed by atoms with van der Waals surface area (Å²) in [6.45, 7) is 5.65. The first-order valence-corrected chi connectivity index (χ1v) is 5.68. The van der Waals surface area contributed by atoms with Crippen molar-refractivity contribution in [2.45, 2.75) is 32.3 Å². The van der Waals surface area contributed by atoms with E-state index in [4.69, 9.17) is 9.15 Å². The second-order valence-corrected chi connectivity index (χ2v) is 3.80. The lowest BCUT2D eigenvalue weighted by atomic mass is 10.1. The minimum atomic E-state index is -0.600. The van der Waals surface area contributed by atoms with Crippen molar-refractivity contribution in [1.29, 1.82) is 0 Å². The predicted molar refractivity (Wildman–Crippen MR) is 63.4 cm³/mol. The fourth-order valence-electron chi connectivity index (χ4n) is 1.47. The molecular formula is C13H18O4. The number of aliphatic hydroxyl groups excluding tert-OH is 1. The number of aliphatic hydroxyl groups is 1. The zero-order chi connectivity index (χ0) is 12.7. The van der Waals surface area contributed by atoms with Crippen LogP contribution in [0.15, 0.2) is 35.0 Å². The number of rotatable bonds is 7. The monoisotopic (exact) mass is 238 g/mol. The molecule has 0 aliphatic carbocycles. The van der Waals surface area contributed by atoms with Gasteiger partial charge in [-0.05, 0) is 25.5 Å². The number of esters is 1. The Bertz CT molecular complexity index is 354. The van der Waals surface area contributed by atoms with E-state index in [1.165, 1.54) is 0 Å². The first-order valence-electron chi connectivity index (χ1n) is 5.68. The Morgan fingerprint density at radius 3 is 3.00 bits per heavy atom. The Balaban J connectivity index is 2.27. The van der Waals surface area contributed by atoms with Crippen LogP contribution in [0.2, 0.25) is 0 Å². The van der Waals surface area contributed by atoms with Crippen molar-refractivity contribution in [3.05, 3.63) is 36.3 Å². The summed E-state index contributed by atoms with van der Waals surface area (Å²) in [7, 11) is 0. The molecule has 0 aliphatic heterocycles. The van der Waals surface area contributed by atoms with Crippen LogP contribution in [0.25, 0.3) is 0 Å². The second kappa shape index (κ2) is 6.91. The summed E-state index contributed by atoms with van der Waals surface area (Å²) in [6.07, 6.45) is 2.41. The van der Waals surface area contributed by atoms with E-state index in [9.17, 15) is 9.90 Å². The summed E-state index contributed by atoms with van der Waals surface area (Å²) in [6, 6.07) is 3.66. The zero-order valence-corrected chi connectivity index (χ0v) is 10.0. The van der Waals surface area contributed by atoms with Gasteiger partial charge in [-0.2, -0.15) is 0 Å². The van der Waals surface area contributed by atoms with E-state index in [1.807, 2.05) is 6.07 Å². The summed E-state index contributed by atoms with van der Waals surface area (Å²) in [5.74, 6) is 0.385. The van der Waals surface area contributed by atoms with Gasteiger partial charge in [0, 0.05) is 18.4 Å². The summed E-state index contributed by atoms with van der Waals surface area (Å²) in [4.78, 5) is 11.3. The fraction of sp³-hybridized carbons (Fsp3) is 0.462. The van der Waals surface area contributed by atoms with Gasteiger partial charge < -0.3 is 14.3 Å². The van der Waals surface area contributed by atoms with Gasteiger partial charge in [-0.15, -0.1) is 0 Å². The first-order chi connectivity index (χ1) is 8.13. The highest BCUT2D eigenvalue weighted by Gasteiger charge is 2.13. The lowest BCUT2D eigenvalue weighted by Crippen LogP contribution is -2.15. The number of hydrogen-bond donors (Lipinski definition) is 1. The molecule has 0 spiro atoms. The van der Waals surface area contributed by atoms with Crippen LogP contribution in [0.3, 0.4) is 0 Å². The van der Waals surface area contributed by atoms with E-state index in [-0.39, 0.29) is 6.42 Å². The molecule has 0 saturated carbocycles. The van der Waals surface area contributed by atoms with Gasteiger partial charge in [-0.1, -0.05) is 6.58 Å².